The number of anilines is 3. The molecular formula is C22H15F7N4O2. The third-order valence-electron chi connectivity index (χ3n) is 4.57. The van der Waals surface area contributed by atoms with E-state index >= 15 is 0 Å². The topological polar surface area (TPSA) is 83.1 Å². The lowest BCUT2D eigenvalue weighted by molar-refractivity contribution is -0.138. The lowest BCUT2D eigenvalue weighted by atomic mass is 10.1. The lowest BCUT2D eigenvalue weighted by Crippen LogP contribution is -2.20. The Balaban J connectivity index is 2.00. The fourth-order valence-corrected chi connectivity index (χ4v) is 2.92. The predicted molar refractivity (Wildman–Crippen MR) is 112 cm³/mol. The molecule has 3 rings (SSSR count). The molecule has 0 aliphatic heterocycles. The zero-order valence-electron chi connectivity index (χ0n) is 17.6. The van der Waals surface area contributed by atoms with E-state index in [0.29, 0.717) is 12.1 Å². The minimum absolute atomic E-state index is 0.0763. The van der Waals surface area contributed by atoms with Crippen LogP contribution in [0.25, 0.3) is 0 Å². The van der Waals surface area contributed by atoms with Gasteiger partial charge in [0.05, 0.1) is 22.4 Å². The van der Waals surface area contributed by atoms with Gasteiger partial charge >= 0.3 is 12.4 Å². The summed E-state index contributed by atoms with van der Waals surface area (Å²) in [5, 5.41) is 7.09. The van der Waals surface area contributed by atoms with Crippen LogP contribution in [0.1, 0.15) is 31.8 Å². The molecule has 3 aromatic rings. The molecule has 13 heteroatoms. The molecule has 0 spiro atoms. The molecule has 1 aromatic heterocycles. The SMILES string of the molecule is CNC(=O)c1cnc(Nc2cccc(C(F)(F)F)c2)c(NC(=O)c2cc(F)cc(C(F)(F)F)c2)c1. The fourth-order valence-electron chi connectivity index (χ4n) is 2.92. The van der Waals surface area contributed by atoms with Crippen LogP contribution in [0.5, 0.6) is 0 Å². The smallest absolute Gasteiger partial charge is 0.355 e. The summed E-state index contributed by atoms with van der Waals surface area (Å²) in [6, 6.07) is 6.30. The Labute approximate surface area is 193 Å². The summed E-state index contributed by atoms with van der Waals surface area (Å²) in [5.74, 6) is -3.36. The van der Waals surface area contributed by atoms with Crippen molar-refractivity contribution in [3.05, 3.63) is 82.8 Å². The molecule has 184 valence electrons. The van der Waals surface area contributed by atoms with Gasteiger partial charge in [0.2, 0.25) is 0 Å². The molecule has 6 nitrogen and oxygen atoms in total. The molecule has 35 heavy (non-hydrogen) atoms. The molecule has 3 N–H and O–H groups in total. The van der Waals surface area contributed by atoms with Gasteiger partial charge in [-0.15, -0.1) is 0 Å². The Morgan fingerprint density at radius 1 is 0.829 bits per heavy atom. The Bertz CT molecular complexity index is 1270. The number of nitrogens with zero attached hydrogens (tertiary/aromatic N) is 1. The van der Waals surface area contributed by atoms with Gasteiger partial charge in [-0.1, -0.05) is 6.07 Å². The maximum atomic E-state index is 13.7. The van der Waals surface area contributed by atoms with Crippen molar-refractivity contribution in [2.75, 3.05) is 17.7 Å². The molecule has 1 heterocycles. The van der Waals surface area contributed by atoms with E-state index in [1.165, 1.54) is 13.1 Å². The van der Waals surface area contributed by atoms with Gasteiger partial charge in [-0.25, -0.2) is 9.37 Å². The molecule has 0 aliphatic carbocycles. The lowest BCUT2D eigenvalue weighted by Gasteiger charge is -2.15. The van der Waals surface area contributed by atoms with E-state index in [4.69, 9.17) is 0 Å². The third-order valence-corrected chi connectivity index (χ3v) is 4.57. The number of alkyl halides is 6. The standard InChI is InChI=1S/C22H15F7N4O2/c1-30-19(34)12-7-17(33-20(35)11-5-14(22(27,28)29)8-15(23)6-11)18(31-10-12)32-16-4-2-3-13(9-16)21(24,25)26/h2-10H,1H3,(H,30,34)(H,31,32)(H,33,35). The molecular weight excluding hydrogens is 485 g/mol. The first kappa shape index (κ1) is 25.5. The number of nitrogens with one attached hydrogen (secondary N) is 3. The number of halogens is 7. The number of carbonyl (C=O) groups is 2. The molecule has 0 fully saturated rings. The van der Waals surface area contributed by atoms with Crippen molar-refractivity contribution < 1.29 is 40.3 Å². The number of pyridine rings is 1. The van der Waals surface area contributed by atoms with Crippen LogP contribution in [-0.4, -0.2) is 23.8 Å². The molecule has 0 saturated heterocycles. The second-order valence-corrected chi connectivity index (χ2v) is 7.08. The average Bonchev–Trinajstić information content (AvgIpc) is 2.78. The average molecular weight is 500 g/mol. The van der Waals surface area contributed by atoms with Crippen molar-refractivity contribution in [2.24, 2.45) is 0 Å². The largest absolute Gasteiger partial charge is 0.416 e. The van der Waals surface area contributed by atoms with Crippen LogP contribution in [-0.2, 0) is 12.4 Å². The van der Waals surface area contributed by atoms with Gasteiger partial charge in [-0.3, -0.25) is 9.59 Å². The van der Waals surface area contributed by atoms with Crippen LogP contribution in [0, 0.1) is 5.82 Å². The van der Waals surface area contributed by atoms with Crippen LogP contribution in [0.4, 0.5) is 47.9 Å². The van der Waals surface area contributed by atoms with Gasteiger partial charge in [0.15, 0.2) is 5.82 Å². The van der Waals surface area contributed by atoms with E-state index in [-0.39, 0.29) is 28.8 Å². The fraction of sp³-hybridized carbons (Fsp3) is 0.136. The minimum Gasteiger partial charge on any atom is -0.355 e. The van der Waals surface area contributed by atoms with Gasteiger partial charge in [-0.05, 0) is 42.5 Å². The zero-order chi connectivity index (χ0) is 26.0. The number of rotatable bonds is 5. The van der Waals surface area contributed by atoms with Crippen molar-refractivity contribution >= 4 is 29.0 Å². The number of carbonyl (C=O) groups excluding carboxylic acids is 2. The number of amides is 2. The van der Waals surface area contributed by atoms with Gasteiger partial charge in [0.25, 0.3) is 11.8 Å². The summed E-state index contributed by atoms with van der Waals surface area (Å²) >= 11 is 0. The summed E-state index contributed by atoms with van der Waals surface area (Å²) in [6.45, 7) is 0. The highest BCUT2D eigenvalue weighted by atomic mass is 19.4. The number of hydrogen-bond acceptors (Lipinski definition) is 4. The molecule has 0 atom stereocenters. The number of benzene rings is 2. The van der Waals surface area contributed by atoms with Crippen LogP contribution in [0.15, 0.2) is 54.7 Å². The second kappa shape index (κ2) is 9.60. The first-order valence-corrected chi connectivity index (χ1v) is 9.63. The van der Waals surface area contributed by atoms with Gasteiger partial charge in [-0.2, -0.15) is 26.3 Å². The minimum atomic E-state index is -4.92. The normalized spacial score (nSPS) is 11.7. The molecule has 0 bridgehead atoms. The zero-order valence-corrected chi connectivity index (χ0v) is 17.6. The first-order valence-electron chi connectivity index (χ1n) is 9.63. The Hall–Kier alpha value is -4.16. The Kier molecular flexibility index (Phi) is 6.99. The monoisotopic (exact) mass is 500 g/mol. The van der Waals surface area contributed by atoms with E-state index in [9.17, 15) is 40.3 Å². The summed E-state index contributed by atoms with van der Waals surface area (Å²) in [6.07, 6.45) is -8.50. The van der Waals surface area contributed by atoms with Gasteiger partial charge in [0.1, 0.15) is 5.82 Å². The first-order chi connectivity index (χ1) is 16.3. The summed E-state index contributed by atoms with van der Waals surface area (Å²) in [7, 11) is 1.31. The van der Waals surface area contributed by atoms with E-state index in [0.717, 1.165) is 30.5 Å². The van der Waals surface area contributed by atoms with E-state index in [1.54, 1.807) is 0 Å². The third kappa shape index (κ3) is 6.25. The maximum absolute atomic E-state index is 13.7. The highest BCUT2D eigenvalue weighted by molar-refractivity contribution is 6.07. The molecule has 2 amide bonds. The van der Waals surface area contributed by atoms with Crippen molar-refractivity contribution in [1.82, 2.24) is 10.3 Å². The summed E-state index contributed by atoms with van der Waals surface area (Å²) < 4.78 is 91.8. The number of aromatic nitrogens is 1. The van der Waals surface area contributed by atoms with Crippen LogP contribution in [0.3, 0.4) is 0 Å². The Morgan fingerprint density at radius 3 is 2.14 bits per heavy atom. The van der Waals surface area contributed by atoms with Gasteiger partial charge < -0.3 is 16.0 Å². The summed E-state index contributed by atoms with van der Waals surface area (Å²) in [4.78, 5) is 28.5. The Morgan fingerprint density at radius 2 is 1.51 bits per heavy atom. The highest BCUT2D eigenvalue weighted by Gasteiger charge is 2.32. The van der Waals surface area contributed by atoms with Crippen LogP contribution >= 0.6 is 0 Å². The van der Waals surface area contributed by atoms with Crippen LogP contribution in [0.2, 0.25) is 0 Å². The quantitative estimate of drug-likeness (QED) is 0.398. The van der Waals surface area contributed by atoms with Gasteiger partial charge in [0, 0.05) is 24.5 Å². The van der Waals surface area contributed by atoms with Crippen LogP contribution < -0.4 is 16.0 Å². The highest BCUT2D eigenvalue weighted by Crippen LogP contribution is 2.33. The van der Waals surface area contributed by atoms with E-state index < -0.39 is 46.7 Å². The second-order valence-electron chi connectivity index (χ2n) is 7.08. The molecule has 2 aromatic carbocycles. The van der Waals surface area contributed by atoms with Crippen molar-refractivity contribution in [3.63, 3.8) is 0 Å². The number of hydrogen-bond donors (Lipinski definition) is 3. The molecule has 0 aliphatic rings. The summed E-state index contributed by atoms with van der Waals surface area (Å²) in [5.41, 5.74) is -3.48. The molecule has 0 radical (unpaired) electrons. The predicted octanol–water partition coefficient (Wildman–Crippen LogP) is 5.61. The van der Waals surface area contributed by atoms with Crippen molar-refractivity contribution in [3.8, 4) is 0 Å². The van der Waals surface area contributed by atoms with Crippen molar-refractivity contribution in [2.45, 2.75) is 12.4 Å². The van der Waals surface area contributed by atoms with E-state index in [2.05, 4.69) is 20.9 Å². The van der Waals surface area contributed by atoms with Crippen molar-refractivity contribution in [1.29, 1.82) is 0 Å². The molecule has 0 unspecified atom stereocenters. The molecule has 0 saturated carbocycles. The maximum Gasteiger partial charge on any atom is 0.416 e. The van der Waals surface area contributed by atoms with E-state index in [1.807, 2.05) is 0 Å².